The van der Waals surface area contributed by atoms with Gasteiger partial charge in [-0.3, -0.25) is 9.69 Å². The molecule has 0 bridgehead atoms. The van der Waals surface area contributed by atoms with Gasteiger partial charge in [-0.25, -0.2) is 9.79 Å². The van der Waals surface area contributed by atoms with Crippen molar-refractivity contribution < 1.29 is 19.1 Å². The lowest BCUT2D eigenvalue weighted by atomic mass is 10.2. The summed E-state index contributed by atoms with van der Waals surface area (Å²) in [7, 11) is 0. The molecule has 1 aliphatic rings. The van der Waals surface area contributed by atoms with Crippen LogP contribution in [0.2, 0.25) is 5.02 Å². The van der Waals surface area contributed by atoms with Crippen molar-refractivity contribution in [3.63, 3.8) is 0 Å². The first kappa shape index (κ1) is 21.0. The van der Waals surface area contributed by atoms with E-state index in [-0.39, 0.29) is 11.5 Å². The number of aromatic carboxylic acids is 1. The van der Waals surface area contributed by atoms with Gasteiger partial charge < -0.3 is 9.52 Å². The molecule has 1 aliphatic heterocycles. The van der Waals surface area contributed by atoms with Gasteiger partial charge in [-0.1, -0.05) is 11.6 Å². The number of amidine groups is 1. The predicted molar refractivity (Wildman–Crippen MR) is 123 cm³/mol. The number of benzene rings is 2. The number of carboxylic acid groups (broad SMARTS) is 1. The number of rotatable bonds is 5. The minimum absolute atomic E-state index is 0.155. The molecule has 1 fully saturated rings. The van der Waals surface area contributed by atoms with E-state index in [1.165, 1.54) is 23.9 Å². The van der Waals surface area contributed by atoms with Crippen LogP contribution in [-0.2, 0) is 4.79 Å². The lowest BCUT2D eigenvalue weighted by Gasteiger charge is -2.11. The van der Waals surface area contributed by atoms with E-state index in [9.17, 15) is 9.59 Å². The average Bonchev–Trinajstić information content (AvgIpc) is 3.34. The number of carboxylic acids is 1. The second kappa shape index (κ2) is 8.83. The average molecular weight is 453 g/mol. The minimum Gasteiger partial charge on any atom is -0.478 e. The van der Waals surface area contributed by atoms with E-state index in [0.29, 0.717) is 38.8 Å². The molecule has 0 unspecified atom stereocenters. The van der Waals surface area contributed by atoms with Crippen molar-refractivity contribution in [2.45, 2.75) is 6.92 Å². The topological polar surface area (TPSA) is 83.1 Å². The fraction of sp³-hybridized carbons (Fsp3) is 0.0870. The van der Waals surface area contributed by atoms with Crippen LogP contribution in [0, 0.1) is 0 Å². The van der Waals surface area contributed by atoms with Crippen molar-refractivity contribution in [2.75, 3.05) is 6.54 Å². The summed E-state index contributed by atoms with van der Waals surface area (Å²) in [5, 5.41) is 10.2. The Balaban J connectivity index is 1.58. The number of halogens is 1. The highest BCUT2D eigenvalue weighted by Crippen LogP contribution is 2.35. The molecular formula is C23H17ClN2O4S. The highest BCUT2D eigenvalue weighted by atomic mass is 35.5. The summed E-state index contributed by atoms with van der Waals surface area (Å²) >= 11 is 7.18. The number of carbonyl (C=O) groups is 2. The van der Waals surface area contributed by atoms with Crippen molar-refractivity contribution in [2.24, 2.45) is 4.99 Å². The summed E-state index contributed by atoms with van der Waals surface area (Å²) in [6.07, 6.45) is 1.70. The molecular weight excluding hydrogens is 436 g/mol. The third kappa shape index (κ3) is 4.57. The summed E-state index contributed by atoms with van der Waals surface area (Å²) in [6.45, 7) is 2.33. The molecule has 1 saturated heterocycles. The third-order valence-corrected chi connectivity index (χ3v) is 5.83. The number of aliphatic imine (C=N–C) groups is 1. The Labute approximate surface area is 187 Å². The van der Waals surface area contributed by atoms with Gasteiger partial charge in [0, 0.05) is 23.2 Å². The second-order valence-corrected chi connectivity index (χ2v) is 8.06. The molecule has 156 valence electrons. The molecule has 1 N–H and O–H groups in total. The van der Waals surface area contributed by atoms with Crippen LogP contribution in [0.15, 0.2) is 75.0 Å². The first-order valence-electron chi connectivity index (χ1n) is 9.44. The zero-order valence-electron chi connectivity index (χ0n) is 16.4. The number of nitrogens with zero attached hydrogens (tertiary/aromatic N) is 2. The molecule has 3 aromatic rings. The van der Waals surface area contributed by atoms with Gasteiger partial charge in [0.05, 0.1) is 16.2 Å². The van der Waals surface area contributed by atoms with Crippen LogP contribution >= 0.6 is 23.4 Å². The Kier molecular flexibility index (Phi) is 5.97. The molecule has 0 saturated carbocycles. The lowest BCUT2D eigenvalue weighted by molar-refractivity contribution is -0.122. The highest BCUT2D eigenvalue weighted by Gasteiger charge is 2.32. The first-order chi connectivity index (χ1) is 14.9. The van der Waals surface area contributed by atoms with Gasteiger partial charge in [0.2, 0.25) is 0 Å². The first-order valence-corrected chi connectivity index (χ1v) is 10.6. The fourth-order valence-electron chi connectivity index (χ4n) is 2.99. The maximum absolute atomic E-state index is 12.8. The SMILES string of the molecule is CCN1C(=O)/C(=C\c2ccc(-c3ccc(Cl)cc3)o2)SC1=Nc1ccc(C(=O)O)cc1. The van der Waals surface area contributed by atoms with Crippen LogP contribution < -0.4 is 0 Å². The fourth-order valence-corrected chi connectivity index (χ4v) is 4.16. The van der Waals surface area contributed by atoms with Crippen molar-refractivity contribution in [1.29, 1.82) is 0 Å². The van der Waals surface area contributed by atoms with Gasteiger partial charge in [-0.2, -0.15) is 0 Å². The Hall–Kier alpha value is -3.29. The van der Waals surface area contributed by atoms with Gasteiger partial charge in [0.1, 0.15) is 11.5 Å². The van der Waals surface area contributed by atoms with Gasteiger partial charge in [0.25, 0.3) is 5.91 Å². The van der Waals surface area contributed by atoms with Crippen molar-refractivity contribution in [3.05, 3.63) is 81.9 Å². The molecule has 1 amide bonds. The summed E-state index contributed by atoms with van der Waals surface area (Å²) in [6, 6.07) is 17.2. The lowest BCUT2D eigenvalue weighted by Crippen LogP contribution is -2.28. The van der Waals surface area contributed by atoms with E-state index in [0.717, 1.165) is 5.56 Å². The Morgan fingerprint density at radius 3 is 2.48 bits per heavy atom. The van der Waals surface area contributed by atoms with Crippen LogP contribution in [0.5, 0.6) is 0 Å². The number of thioether (sulfide) groups is 1. The smallest absolute Gasteiger partial charge is 0.335 e. The number of hydrogen-bond acceptors (Lipinski definition) is 5. The normalized spacial score (nSPS) is 16.5. The molecule has 8 heteroatoms. The molecule has 0 aliphatic carbocycles. The zero-order chi connectivity index (χ0) is 22.0. The van der Waals surface area contributed by atoms with Gasteiger partial charge in [-0.15, -0.1) is 0 Å². The summed E-state index contributed by atoms with van der Waals surface area (Å²) in [4.78, 5) is 30.4. The van der Waals surface area contributed by atoms with E-state index in [2.05, 4.69) is 4.99 Å². The van der Waals surface area contributed by atoms with E-state index >= 15 is 0 Å². The molecule has 0 spiro atoms. The Morgan fingerprint density at radius 2 is 1.84 bits per heavy atom. The Bertz CT molecular complexity index is 1200. The predicted octanol–water partition coefficient (Wildman–Crippen LogP) is 5.92. The summed E-state index contributed by atoms with van der Waals surface area (Å²) in [5.74, 6) is 0.0851. The highest BCUT2D eigenvalue weighted by molar-refractivity contribution is 8.18. The van der Waals surface area contributed by atoms with Crippen LogP contribution in [-0.4, -0.2) is 33.6 Å². The number of carbonyl (C=O) groups excluding carboxylic acids is 1. The van der Waals surface area contributed by atoms with E-state index < -0.39 is 5.97 Å². The van der Waals surface area contributed by atoms with Crippen molar-refractivity contribution in [3.8, 4) is 11.3 Å². The summed E-state index contributed by atoms with van der Waals surface area (Å²) in [5.41, 5.74) is 1.64. The minimum atomic E-state index is -0.999. The van der Waals surface area contributed by atoms with Gasteiger partial charge >= 0.3 is 5.97 Å². The maximum atomic E-state index is 12.8. The molecule has 31 heavy (non-hydrogen) atoms. The quantitative estimate of drug-likeness (QED) is 0.485. The van der Waals surface area contributed by atoms with Gasteiger partial charge in [-0.05, 0) is 79.3 Å². The number of hydrogen-bond donors (Lipinski definition) is 1. The maximum Gasteiger partial charge on any atom is 0.335 e. The van der Waals surface area contributed by atoms with Crippen molar-refractivity contribution in [1.82, 2.24) is 4.90 Å². The monoisotopic (exact) mass is 452 g/mol. The van der Waals surface area contributed by atoms with E-state index in [1.54, 1.807) is 41.3 Å². The Morgan fingerprint density at radius 1 is 1.13 bits per heavy atom. The molecule has 0 atom stereocenters. The summed E-state index contributed by atoms with van der Waals surface area (Å²) < 4.78 is 5.88. The standard InChI is InChI=1S/C23H17ClN2O4S/c1-2-26-21(27)20(31-23(26)25-17-9-5-15(6-10-17)22(28)29)13-18-11-12-19(30-18)14-3-7-16(24)8-4-14/h3-13H,2H2,1H3,(H,28,29)/b20-13+,25-23?. The molecule has 4 rings (SSSR count). The largest absolute Gasteiger partial charge is 0.478 e. The zero-order valence-corrected chi connectivity index (χ0v) is 18.0. The van der Waals surface area contributed by atoms with Gasteiger partial charge in [0.15, 0.2) is 5.17 Å². The van der Waals surface area contributed by atoms with Crippen LogP contribution in [0.25, 0.3) is 17.4 Å². The number of furan rings is 1. The molecule has 1 aromatic heterocycles. The molecule has 0 radical (unpaired) electrons. The number of amides is 1. The van der Waals surface area contributed by atoms with Crippen LogP contribution in [0.3, 0.4) is 0 Å². The molecule has 6 nitrogen and oxygen atoms in total. The van der Waals surface area contributed by atoms with E-state index in [4.69, 9.17) is 21.1 Å². The number of likely N-dealkylation sites (N-methyl/N-ethyl adjacent to an activating group) is 1. The van der Waals surface area contributed by atoms with E-state index in [1.807, 2.05) is 25.1 Å². The van der Waals surface area contributed by atoms with Crippen molar-refractivity contribution >= 4 is 52.2 Å². The van der Waals surface area contributed by atoms with Crippen LogP contribution in [0.4, 0.5) is 5.69 Å². The molecule has 2 aromatic carbocycles. The third-order valence-electron chi connectivity index (χ3n) is 4.57. The molecule has 2 heterocycles. The second-order valence-electron chi connectivity index (χ2n) is 6.62. The van der Waals surface area contributed by atoms with Crippen LogP contribution in [0.1, 0.15) is 23.0 Å².